The SMILES string of the molecule is NCC(NC(=O)C1CCCN(C(=O)Nc2ccccc2F)C1)C1CC1. The molecule has 2 unspecified atom stereocenters. The molecule has 0 aromatic heterocycles. The third kappa shape index (κ3) is 4.48. The highest BCUT2D eigenvalue weighted by Gasteiger charge is 2.34. The fraction of sp³-hybridized carbons (Fsp3) is 0.556. The van der Waals surface area contributed by atoms with Crippen LogP contribution in [0.1, 0.15) is 25.7 Å². The number of carbonyl (C=O) groups is 2. The summed E-state index contributed by atoms with van der Waals surface area (Å²) in [5, 5.41) is 5.61. The molecule has 1 aromatic rings. The molecule has 1 aromatic carbocycles. The minimum atomic E-state index is -0.475. The van der Waals surface area contributed by atoms with Gasteiger partial charge >= 0.3 is 6.03 Å². The number of anilines is 1. The summed E-state index contributed by atoms with van der Waals surface area (Å²) in [5.74, 6) is -0.256. The van der Waals surface area contributed by atoms with Crippen molar-refractivity contribution in [3.8, 4) is 0 Å². The highest BCUT2D eigenvalue weighted by Crippen LogP contribution is 2.32. The molecule has 1 saturated heterocycles. The van der Waals surface area contributed by atoms with E-state index in [1.165, 1.54) is 12.1 Å². The minimum Gasteiger partial charge on any atom is -0.352 e. The molecule has 3 amide bonds. The summed E-state index contributed by atoms with van der Waals surface area (Å²) in [5.41, 5.74) is 5.89. The van der Waals surface area contributed by atoms with Gasteiger partial charge in [0.1, 0.15) is 5.82 Å². The lowest BCUT2D eigenvalue weighted by Gasteiger charge is -2.33. The molecule has 1 aliphatic carbocycles. The van der Waals surface area contributed by atoms with E-state index < -0.39 is 5.82 Å². The lowest BCUT2D eigenvalue weighted by atomic mass is 9.96. The van der Waals surface area contributed by atoms with Crippen LogP contribution in [0, 0.1) is 17.7 Å². The van der Waals surface area contributed by atoms with Gasteiger partial charge in [-0.15, -0.1) is 0 Å². The summed E-state index contributed by atoms with van der Waals surface area (Å²) in [4.78, 5) is 26.5. The predicted molar refractivity (Wildman–Crippen MR) is 93.4 cm³/mol. The van der Waals surface area contributed by atoms with E-state index >= 15 is 0 Å². The molecule has 2 aliphatic rings. The van der Waals surface area contributed by atoms with Crippen molar-refractivity contribution in [3.63, 3.8) is 0 Å². The van der Waals surface area contributed by atoms with Crippen molar-refractivity contribution < 1.29 is 14.0 Å². The van der Waals surface area contributed by atoms with Crippen molar-refractivity contribution in [2.75, 3.05) is 25.0 Å². The number of carbonyl (C=O) groups excluding carboxylic acids is 2. The number of amides is 3. The van der Waals surface area contributed by atoms with Crippen LogP contribution in [0.3, 0.4) is 0 Å². The molecular weight excluding hydrogens is 323 g/mol. The molecule has 4 N–H and O–H groups in total. The van der Waals surface area contributed by atoms with Crippen LogP contribution in [-0.4, -0.2) is 42.5 Å². The van der Waals surface area contributed by atoms with E-state index in [1.807, 2.05) is 0 Å². The molecule has 136 valence electrons. The number of rotatable bonds is 5. The van der Waals surface area contributed by atoms with E-state index in [0.29, 0.717) is 25.6 Å². The van der Waals surface area contributed by atoms with E-state index in [9.17, 15) is 14.0 Å². The number of urea groups is 1. The third-order valence-electron chi connectivity index (χ3n) is 4.97. The maximum absolute atomic E-state index is 13.7. The van der Waals surface area contributed by atoms with E-state index in [0.717, 1.165) is 25.7 Å². The second kappa shape index (κ2) is 7.82. The Balaban J connectivity index is 1.55. The smallest absolute Gasteiger partial charge is 0.321 e. The zero-order valence-electron chi connectivity index (χ0n) is 14.2. The second-order valence-electron chi connectivity index (χ2n) is 6.88. The molecular formula is C18H25FN4O2. The molecule has 1 heterocycles. The first-order valence-electron chi connectivity index (χ1n) is 8.89. The van der Waals surface area contributed by atoms with Crippen molar-refractivity contribution in [1.29, 1.82) is 0 Å². The number of halogens is 1. The van der Waals surface area contributed by atoms with Gasteiger partial charge in [0.15, 0.2) is 0 Å². The number of hydrogen-bond donors (Lipinski definition) is 3. The average Bonchev–Trinajstić information content (AvgIpc) is 3.46. The van der Waals surface area contributed by atoms with Crippen molar-refractivity contribution in [2.24, 2.45) is 17.6 Å². The van der Waals surface area contributed by atoms with Gasteiger partial charge < -0.3 is 21.3 Å². The Labute approximate surface area is 146 Å². The Morgan fingerprint density at radius 3 is 2.72 bits per heavy atom. The van der Waals surface area contributed by atoms with E-state index in [1.54, 1.807) is 17.0 Å². The second-order valence-corrected chi connectivity index (χ2v) is 6.88. The Morgan fingerprint density at radius 2 is 2.04 bits per heavy atom. The molecule has 3 rings (SSSR count). The first kappa shape index (κ1) is 17.7. The predicted octanol–water partition coefficient (Wildman–Crippen LogP) is 1.92. The summed E-state index contributed by atoms with van der Waals surface area (Å²) in [6.07, 6.45) is 3.73. The monoisotopic (exact) mass is 348 g/mol. The number of nitrogens with zero attached hydrogens (tertiary/aromatic N) is 1. The topological polar surface area (TPSA) is 87.5 Å². The summed E-state index contributed by atoms with van der Waals surface area (Å²) in [6.45, 7) is 1.35. The van der Waals surface area contributed by atoms with Crippen LogP contribution in [0.15, 0.2) is 24.3 Å². The number of piperidine rings is 1. The number of hydrogen-bond acceptors (Lipinski definition) is 3. The van der Waals surface area contributed by atoms with Crippen molar-refractivity contribution >= 4 is 17.6 Å². The summed E-state index contributed by atoms with van der Waals surface area (Å²) >= 11 is 0. The lowest BCUT2D eigenvalue weighted by Crippen LogP contribution is -2.50. The lowest BCUT2D eigenvalue weighted by molar-refractivity contribution is -0.127. The summed E-state index contributed by atoms with van der Waals surface area (Å²) in [7, 11) is 0. The molecule has 1 aliphatic heterocycles. The maximum atomic E-state index is 13.7. The quantitative estimate of drug-likeness (QED) is 0.760. The van der Waals surface area contributed by atoms with Gasteiger partial charge in [-0.05, 0) is 43.7 Å². The molecule has 1 saturated carbocycles. The Morgan fingerprint density at radius 1 is 1.28 bits per heavy atom. The highest BCUT2D eigenvalue weighted by molar-refractivity contribution is 5.90. The van der Waals surface area contributed by atoms with Crippen LogP contribution in [0.5, 0.6) is 0 Å². The van der Waals surface area contributed by atoms with E-state index in [4.69, 9.17) is 5.73 Å². The Hall–Kier alpha value is -2.15. The molecule has 2 fully saturated rings. The van der Waals surface area contributed by atoms with Gasteiger partial charge in [0.25, 0.3) is 0 Å². The van der Waals surface area contributed by atoms with Gasteiger partial charge in [0.2, 0.25) is 5.91 Å². The van der Waals surface area contributed by atoms with Crippen molar-refractivity contribution in [3.05, 3.63) is 30.1 Å². The van der Waals surface area contributed by atoms with E-state index in [-0.39, 0.29) is 29.6 Å². The van der Waals surface area contributed by atoms with Crippen LogP contribution < -0.4 is 16.4 Å². The Kier molecular flexibility index (Phi) is 5.53. The molecule has 0 radical (unpaired) electrons. The van der Waals surface area contributed by atoms with Gasteiger partial charge in [-0.25, -0.2) is 9.18 Å². The minimum absolute atomic E-state index is 0.0364. The Bertz CT molecular complexity index is 635. The van der Waals surface area contributed by atoms with Gasteiger partial charge in [0, 0.05) is 25.7 Å². The summed E-state index contributed by atoms with van der Waals surface area (Å²) < 4.78 is 13.7. The number of nitrogens with two attached hydrogens (primary N) is 1. The highest BCUT2D eigenvalue weighted by atomic mass is 19.1. The van der Waals surface area contributed by atoms with Crippen LogP contribution in [0.2, 0.25) is 0 Å². The molecule has 6 nitrogen and oxygen atoms in total. The standard InChI is InChI=1S/C18H25FN4O2/c19-14-5-1-2-6-15(14)22-18(25)23-9-3-4-13(11-23)17(24)21-16(10-20)12-7-8-12/h1-2,5-6,12-13,16H,3-4,7-11,20H2,(H,21,24)(H,22,25). The first-order valence-corrected chi connectivity index (χ1v) is 8.89. The molecule has 0 spiro atoms. The summed E-state index contributed by atoms with van der Waals surface area (Å²) in [6, 6.07) is 5.71. The van der Waals surface area contributed by atoms with Crippen molar-refractivity contribution in [2.45, 2.75) is 31.7 Å². The largest absolute Gasteiger partial charge is 0.352 e. The number of likely N-dealkylation sites (tertiary alicyclic amines) is 1. The van der Waals surface area contributed by atoms with Crippen molar-refractivity contribution in [1.82, 2.24) is 10.2 Å². The number of para-hydroxylation sites is 1. The zero-order valence-corrected chi connectivity index (χ0v) is 14.2. The fourth-order valence-electron chi connectivity index (χ4n) is 3.30. The number of benzene rings is 1. The van der Waals surface area contributed by atoms with Crippen LogP contribution >= 0.6 is 0 Å². The molecule has 0 bridgehead atoms. The van der Waals surface area contributed by atoms with Gasteiger partial charge in [-0.3, -0.25) is 4.79 Å². The van der Waals surface area contributed by atoms with Gasteiger partial charge in [0.05, 0.1) is 11.6 Å². The van der Waals surface area contributed by atoms with Crippen LogP contribution in [0.4, 0.5) is 14.9 Å². The van der Waals surface area contributed by atoms with Gasteiger partial charge in [-0.1, -0.05) is 12.1 Å². The maximum Gasteiger partial charge on any atom is 0.321 e. The zero-order chi connectivity index (χ0) is 17.8. The van der Waals surface area contributed by atoms with Crippen LogP contribution in [0.25, 0.3) is 0 Å². The third-order valence-corrected chi connectivity index (χ3v) is 4.97. The van der Waals surface area contributed by atoms with Gasteiger partial charge in [-0.2, -0.15) is 0 Å². The molecule has 2 atom stereocenters. The molecule has 7 heteroatoms. The average molecular weight is 348 g/mol. The first-order chi connectivity index (χ1) is 12.1. The van der Waals surface area contributed by atoms with E-state index in [2.05, 4.69) is 10.6 Å². The van der Waals surface area contributed by atoms with Crippen LogP contribution in [-0.2, 0) is 4.79 Å². The fourth-order valence-corrected chi connectivity index (χ4v) is 3.30. The molecule has 25 heavy (non-hydrogen) atoms. The normalized spacial score (nSPS) is 21.5. The number of nitrogens with one attached hydrogen (secondary N) is 2.